The van der Waals surface area contributed by atoms with Gasteiger partial charge in [0.25, 0.3) is 5.91 Å². The number of hydrazine groups is 1. The molecule has 0 atom stereocenters. The van der Waals surface area contributed by atoms with Gasteiger partial charge in [-0.1, -0.05) is 11.6 Å². The zero-order valence-electron chi connectivity index (χ0n) is 15.1. The van der Waals surface area contributed by atoms with Crippen molar-refractivity contribution in [2.24, 2.45) is 13.0 Å². The Labute approximate surface area is 167 Å². The number of halogens is 2. The molecule has 1 aromatic carbocycles. The smallest absolute Gasteiger partial charge is 0.269 e. The molecule has 1 fully saturated rings. The molecule has 1 aliphatic rings. The third-order valence-electron chi connectivity index (χ3n) is 4.40. The van der Waals surface area contributed by atoms with Crippen molar-refractivity contribution in [3.05, 3.63) is 40.8 Å². The summed E-state index contributed by atoms with van der Waals surface area (Å²) >= 11 is 5.90. The van der Waals surface area contributed by atoms with Gasteiger partial charge in [-0.05, 0) is 37.0 Å². The Kier molecular flexibility index (Phi) is 6.33. The standard InChI is InChI=1S/C17H20ClFN4O4S/c1-23-5-2-15(21-23)12-8-13(16(19)14(18)9-12)17(24)20-22-28(25,26)10-11-3-6-27-7-4-11/h2,5,8-9,11,22H,3-4,6-7,10H2,1H3,(H,20,24). The summed E-state index contributed by atoms with van der Waals surface area (Å²) in [5.74, 6) is -2.09. The molecule has 28 heavy (non-hydrogen) atoms. The van der Waals surface area contributed by atoms with Crippen LogP contribution in [0.4, 0.5) is 4.39 Å². The fraction of sp³-hybridized carbons (Fsp3) is 0.412. The van der Waals surface area contributed by atoms with Crippen LogP contribution in [0, 0.1) is 11.7 Å². The van der Waals surface area contributed by atoms with Gasteiger partial charge in [0.15, 0.2) is 5.82 Å². The first kappa shape index (κ1) is 20.7. The van der Waals surface area contributed by atoms with Crippen LogP contribution in [0.1, 0.15) is 23.2 Å². The summed E-state index contributed by atoms with van der Waals surface area (Å²) in [7, 11) is -2.06. The number of carbonyl (C=O) groups excluding carboxylic acids is 1. The summed E-state index contributed by atoms with van der Waals surface area (Å²) < 4.78 is 45.4. The summed E-state index contributed by atoms with van der Waals surface area (Å²) in [5, 5.41) is 3.92. The molecule has 11 heteroatoms. The number of hydrogen-bond acceptors (Lipinski definition) is 5. The Morgan fingerprint density at radius 2 is 2.11 bits per heavy atom. The van der Waals surface area contributed by atoms with Crippen LogP contribution in [0.3, 0.4) is 0 Å². The highest BCUT2D eigenvalue weighted by Gasteiger charge is 2.23. The molecule has 1 aliphatic heterocycles. The summed E-state index contributed by atoms with van der Waals surface area (Å²) in [6.45, 7) is 1.02. The van der Waals surface area contributed by atoms with Crippen LogP contribution in [0.5, 0.6) is 0 Å². The first-order valence-corrected chi connectivity index (χ1v) is 10.6. The fourth-order valence-corrected chi connectivity index (χ4v) is 4.43. The number of ether oxygens (including phenoxy) is 1. The second-order valence-corrected chi connectivity index (χ2v) is 8.76. The lowest BCUT2D eigenvalue weighted by Gasteiger charge is -2.21. The van der Waals surface area contributed by atoms with Crippen molar-refractivity contribution in [1.82, 2.24) is 20.0 Å². The average molecular weight is 431 g/mol. The van der Waals surface area contributed by atoms with Crippen LogP contribution in [-0.4, -0.2) is 43.1 Å². The van der Waals surface area contributed by atoms with Gasteiger partial charge in [0, 0.05) is 32.0 Å². The highest BCUT2D eigenvalue weighted by Crippen LogP contribution is 2.27. The number of sulfonamides is 1. The molecule has 8 nitrogen and oxygen atoms in total. The maximum atomic E-state index is 14.3. The zero-order chi connectivity index (χ0) is 20.3. The van der Waals surface area contributed by atoms with E-state index in [9.17, 15) is 17.6 Å². The first-order valence-electron chi connectivity index (χ1n) is 8.62. The predicted octanol–water partition coefficient (Wildman–Crippen LogP) is 1.87. The van der Waals surface area contributed by atoms with E-state index in [-0.39, 0.29) is 22.3 Å². The van der Waals surface area contributed by atoms with Gasteiger partial charge in [-0.2, -0.15) is 5.10 Å². The molecule has 2 heterocycles. The maximum Gasteiger partial charge on any atom is 0.269 e. The number of carbonyl (C=O) groups is 1. The Balaban J connectivity index is 1.72. The van der Waals surface area contributed by atoms with E-state index in [0.717, 1.165) is 0 Å². The minimum Gasteiger partial charge on any atom is -0.381 e. The van der Waals surface area contributed by atoms with Crippen molar-refractivity contribution in [3.63, 3.8) is 0 Å². The third-order valence-corrected chi connectivity index (χ3v) is 6.00. The van der Waals surface area contributed by atoms with Crippen LogP contribution in [-0.2, 0) is 21.8 Å². The average Bonchev–Trinajstić information content (AvgIpc) is 3.09. The molecular formula is C17H20ClFN4O4S. The first-order chi connectivity index (χ1) is 13.2. The number of rotatable bonds is 6. The summed E-state index contributed by atoms with van der Waals surface area (Å²) in [6.07, 6.45) is 2.95. The van der Waals surface area contributed by atoms with Gasteiger partial charge in [0.2, 0.25) is 10.0 Å². The molecule has 0 radical (unpaired) electrons. The molecule has 0 unspecified atom stereocenters. The van der Waals surface area contributed by atoms with Crippen molar-refractivity contribution >= 4 is 27.5 Å². The number of benzene rings is 1. The van der Waals surface area contributed by atoms with E-state index in [4.69, 9.17) is 16.3 Å². The van der Waals surface area contributed by atoms with E-state index in [0.29, 0.717) is 37.3 Å². The molecule has 0 saturated carbocycles. The van der Waals surface area contributed by atoms with Gasteiger partial charge >= 0.3 is 0 Å². The van der Waals surface area contributed by atoms with E-state index in [1.807, 2.05) is 10.3 Å². The molecule has 3 rings (SSSR count). The molecule has 2 aromatic rings. The summed E-state index contributed by atoms with van der Waals surface area (Å²) in [5.41, 5.74) is 2.59. The van der Waals surface area contributed by atoms with Crippen LogP contribution in [0.2, 0.25) is 5.02 Å². The van der Waals surface area contributed by atoms with E-state index in [1.54, 1.807) is 24.0 Å². The van der Waals surface area contributed by atoms with Gasteiger partial charge in [-0.25, -0.2) is 12.8 Å². The molecular weight excluding hydrogens is 411 g/mol. The SMILES string of the molecule is Cn1ccc(-c2cc(Cl)c(F)c(C(=O)NNS(=O)(=O)CC3CCOCC3)c2)n1. The van der Waals surface area contributed by atoms with Gasteiger partial charge in [0.1, 0.15) is 0 Å². The molecule has 0 bridgehead atoms. The molecule has 1 amide bonds. The minimum atomic E-state index is -3.77. The van der Waals surface area contributed by atoms with E-state index < -0.39 is 21.7 Å². The number of aryl methyl sites for hydroxylation is 1. The Bertz CT molecular complexity index is 974. The van der Waals surface area contributed by atoms with E-state index in [1.165, 1.54) is 12.1 Å². The molecule has 152 valence electrons. The number of amides is 1. The third kappa shape index (κ3) is 5.07. The quantitative estimate of drug-likeness (QED) is 0.681. The summed E-state index contributed by atoms with van der Waals surface area (Å²) in [4.78, 5) is 14.4. The Hall–Kier alpha value is -2.01. The molecule has 2 N–H and O–H groups in total. The minimum absolute atomic E-state index is 0.0539. The molecule has 1 aromatic heterocycles. The van der Waals surface area contributed by atoms with Crippen molar-refractivity contribution in [3.8, 4) is 11.3 Å². The highest BCUT2D eigenvalue weighted by molar-refractivity contribution is 7.89. The monoisotopic (exact) mass is 430 g/mol. The van der Waals surface area contributed by atoms with Crippen LogP contribution in [0.15, 0.2) is 24.4 Å². The van der Waals surface area contributed by atoms with Gasteiger partial charge in [-0.15, -0.1) is 4.83 Å². The van der Waals surface area contributed by atoms with Crippen molar-refractivity contribution in [2.75, 3.05) is 19.0 Å². The zero-order valence-corrected chi connectivity index (χ0v) is 16.7. The number of nitrogens with one attached hydrogen (secondary N) is 2. The van der Waals surface area contributed by atoms with Crippen LogP contribution in [0.25, 0.3) is 11.3 Å². The van der Waals surface area contributed by atoms with E-state index in [2.05, 4.69) is 5.10 Å². The lowest BCUT2D eigenvalue weighted by Crippen LogP contribution is -2.44. The lowest BCUT2D eigenvalue weighted by atomic mass is 10.0. The Morgan fingerprint density at radius 3 is 2.75 bits per heavy atom. The largest absolute Gasteiger partial charge is 0.381 e. The maximum absolute atomic E-state index is 14.3. The normalized spacial score (nSPS) is 15.5. The van der Waals surface area contributed by atoms with E-state index >= 15 is 0 Å². The van der Waals surface area contributed by atoms with Crippen molar-refractivity contribution < 1.29 is 22.3 Å². The van der Waals surface area contributed by atoms with Gasteiger partial charge < -0.3 is 4.74 Å². The Morgan fingerprint density at radius 1 is 1.39 bits per heavy atom. The fourth-order valence-electron chi connectivity index (χ4n) is 2.93. The number of nitrogens with zero attached hydrogens (tertiary/aromatic N) is 2. The molecule has 0 spiro atoms. The van der Waals surface area contributed by atoms with Gasteiger partial charge in [-0.3, -0.25) is 14.9 Å². The second-order valence-electron chi connectivity index (χ2n) is 6.59. The number of aromatic nitrogens is 2. The van der Waals surface area contributed by atoms with Gasteiger partial charge in [0.05, 0.1) is 22.0 Å². The lowest BCUT2D eigenvalue weighted by molar-refractivity contribution is 0.0722. The van der Waals surface area contributed by atoms with Crippen LogP contribution >= 0.6 is 11.6 Å². The van der Waals surface area contributed by atoms with Crippen LogP contribution < -0.4 is 10.3 Å². The summed E-state index contributed by atoms with van der Waals surface area (Å²) in [6, 6.07) is 4.30. The number of hydrogen-bond donors (Lipinski definition) is 2. The molecule has 1 saturated heterocycles. The second kappa shape index (κ2) is 8.56. The van der Waals surface area contributed by atoms with Crippen molar-refractivity contribution in [1.29, 1.82) is 0 Å². The topological polar surface area (TPSA) is 102 Å². The van der Waals surface area contributed by atoms with Crippen molar-refractivity contribution in [2.45, 2.75) is 12.8 Å². The molecule has 0 aliphatic carbocycles. The highest BCUT2D eigenvalue weighted by atomic mass is 35.5. The predicted molar refractivity (Wildman–Crippen MR) is 102 cm³/mol.